The summed E-state index contributed by atoms with van der Waals surface area (Å²) >= 11 is 0. The molecule has 1 aliphatic carbocycles. The molecular formula is C12H23N3O3S. The topological polar surface area (TPSA) is 78.5 Å². The molecule has 1 aliphatic heterocycles. The summed E-state index contributed by atoms with van der Waals surface area (Å²) in [7, 11) is -3.14. The zero-order valence-corrected chi connectivity index (χ0v) is 12.2. The third-order valence-corrected chi connectivity index (χ3v) is 4.40. The molecule has 2 rings (SSSR count). The molecule has 0 unspecified atom stereocenters. The molecule has 7 heteroatoms. The Morgan fingerprint density at radius 1 is 1.21 bits per heavy atom. The molecule has 0 aromatic heterocycles. The van der Waals surface area contributed by atoms with Gasteiger partial charge in [-0.2, -0.15) is 0 Å². The van der Waals surface area contributed by atoms with Crippen LogP contribution >= 0.6 is 0 Å². The number of nitrogens with zero attached hydrogens (tertiary/aromatic N) is 1. The molecule has 0 aromatic rings. The number of piperidine rings is 1. The Morgan fingerprint density at radius 2 is 1.84 bits per heavy atom. The van der Waals surface area contributed by atoms with Crippen LogP contribution in [0.15, 0.2) is 0 Å². The van der Waals surface area contributed by atoms with Crippen LogP contribution < -0.4 is 10.0 Å². The first-order valence-electron chi connectivity index (χ1n) is 6.90. The number of carbonyl (C=O) groups is 1. The van der Waals surface area contributed by atoms with Crippen molar-refractivity contribution in [2.45, 2.75) is 31.7 Å². The standard InChI is InChI=1S/C12H23N3O3S/c1-19(17,18)14-11-4-6-15(7-5-11)12(16)9-13-8-10-2-3-10/h10-11,13-14H,2-9H2,1H3. The third kappa shape index (κ3) is 5.46. The Bertz CT molecular complexity index is 412. The highest BCUT2D eigenvalue weighted by molar-refractivity contribution is 7.88. The number of sulfonamides is 1. The summed E-state index contributed by atoms with van der Waals surface area (Å²) in [5.41, 5.74) is 0. The average molecular weight is 289 g/mol. The van der Waals surface area contributed by atoms with Gasteiger partial charge in [0.15, 0.2) is 0 Å². The predicted octanol–water partition coefficient (Wildman–Crippen LogP) is -0.474. The highest BCUT2D eigenvalue weighted by Crippen LogP contribution is 2.27. The van der Waals surface area contributed by atoms with Crippen LogP contribution in [0.4, 0.5) is 0 Å². The van der Waals surface area contributed by atoms with Gasteiger partial charge in [-0.25, -0.2) is 13.1 Å². The molecule has 0 bridgehead atoms. The molecule has 0 atom stereocenters. The van der Waals surface area contributed by atoms with Gasteiger partial charge in [0.2, 0.25) is 15.9 Å². The molecule has 1 saturated heterocycles. The van der Waals surface area contributed by atoms with Gasteiger partial charge in [0, 0.05) is 19.1 Å². The van der Waals surface area contributed by atoms with Gasteiger partial charge in [0.25, 0.3) is 0 Å². The number of carbonyl (C=O) groups excluding carboxylic acids is 1. The molecule has 19 heavy (non-hydrogen) atoms. The van der Waals surface area contributed by atoms with Gasteiger partial charge < -0.3 is 10.2 Å². The molecule has 0 aromatic carbocycles. The van der Waals surface area contributed by atoms with E-state index in [0.29, 0.717) is 32.5 Å². The van der Waals surface area contributed by atoms with E-state index in [4.69, 9.17) is 0 Å². The fourth-order valence-corrected chi connectivity index (χ4v) is 3.21. The lowest BCUT2D eigenvalue weighted by Crippen LogP contribution is -2.48. The van der Waals surface area contributed by atoms with E-state index in [1.54, 1.807) is 0 Å². The first-order valence-corrected chi connectivity index (χ1v) is 8.79. The fraction of sp³-hybridized carbons (Fsp3) is 0.917. The zero-order chi connectivity index (χ0) is 13.9. The number of rotatable bonds is 6. The molecule has 0 radical (unpaired) electrons. The van der Waals surface area contributed by atoms with Crippen LogP contribution in [0.25, 0.3) is 0 Å². The summed E-state index contributed by atoms with van der Waals surface area (Å²) < 4.78 is 24.9. The predicted molar refractivity (Wildman–Crippen MR) is 73.2 cm³/mol. The number of nitrogens with one attached hydrogen (secondary N) is 2. The van der Waals surface area contributed by atoms with E-state index in [2.05, 4.69) is 10.0 Å². The number of hydrogen-bond donors (Lipinski definition) is 2. The number of hydrogen-bond acceptors (Lipinski definition) is 4. The molecule has 1 amide bonds. The van der Waals surface area contributed by atoms with Crippen molar-refractivity contribution in [1.29, 1.82) is 0 Å². The maximum atomic E-state index is 11.9. The minimum absolute atomic E-state index is 0.0292. The molecule has 6 nitrogen and oxygen atoms in total. The van der Waals surface area contributed by atoms with Gasteiger partial charge in [-0.05, 0) is 38.1 Å². The molecule has 2 N–H and O–H groups in total. The molecule has 1 heterocycles. The Labute approximate surface area is 115 Å². The summed E-state index contributed by atoms with van der Waals surface area (Å²) in [6.07, 6.45) is 5.13. The lowest BCUT2D eigenvalue weighted by Gasteiger charge is -2.32. The lowest BCUT2D eigenvalue weighted by atomic mass is 10.1. The zero-order valence-electron chi connectivity index (χ0n) is 11.4. The summed E-state index contributed by atoms with van der Waals surface area (Å²) in [5, 5.41) is 3.19. The number of likely N-dealkylation sites (tertiary alicyclic amines) is 1. The van der Waals surface area contributed by atoms with Crippen LogP contribution in [-0.4, -0.2) is 57.7 Å². The van der Waals surface area contributed by atoms with Crippen LogP contribution in [0, 0.1) is 5.92 Å². The van der Waals surface area contributed by atoms with Crippen molar-refractivity contribution in [2.75, 3.05) is 32.4 Å². The summed E-state index contributed by atoms with van der Waals surface area (Å²) in [6.45, 7) is 2.62. The molecule has 1 saturated carbocycles. The van der Waals surface area contributed by atoms with E-state index >= 15 is 0 Å². The Hall–Kier alpha value is -0.660. The Balaban J connectivity index is 1.65. The highest BCUT2D eigenvalue weighted by atomic mass is 32.2. The van der Waals surface area contributed by atoms with Crippen LogP contribution in [0.1, 0.15) is 25.7 Å². The lowest BCUT2D eigenvalue weighted by molar-refractivity contribution is -0.131. The average Bonchev–Trinajstić information content (AvgIpc) is 3.12. The molecular weight excluding hydrogens is 266 g/mol. The Kier molecular flexibility index (Phi) is 4.81. The van der Waals surface area contributed by atoms with Gasteiger partial charge in [0.1, 0.15) is 0 Å². The second kappa shape index (κ2) is 6.19. The normalized spacial score (nSPS) is 21.6. The van der Waals surface area contributed by atoms with Gasteiger partial charge in [-0.15, -0.1) is 0 Å². The van der Waals surface area contributed by atoms with Crippen molar-refractivity contribution >= 4 is 15.9 Å². The van der Waals surface area contributed by atoms with E-state index in [0.717, 1.165) is 12.5 Å². The van der Waals surface area contributed by atoms with Gasteiger partial charge >= 0.3 is 0 Å². The quantitative estimate of drug-likeness (QED) is 0.693. The first kappa shape index (κ1) is 14.7. The SMILES string of the molecule is CS(=O)(=O)NC1CCN(C(=O)CNCC2CC2)CC1. The minimum Gasteiger partial charge on any atom is -0.341 e. The van der Waals surface area contributed by atoms with Gasteiger partial charge in [-0.1, -0.05) is 0 Å². The van der Waals surface area contributed by atoms with Crippen molar-refractivity contribution in [2.24, 2.45) is 5.92 Å². The van der Waals surface area contributed by atoms with Gasteiger partial charge in [-0.3, -0.25) is 4.79 Å². The van der Waals surface area contributed by atoms with Crippen molar-refractivity contribution in [3.63, 3.8) is 0 Å². The maximum absolute atomic E-state index is 11.9. The second-order valence-electron chi connectivity index (χ2n) is 5.62. The van der Waals surface area contributed by atoms with Gasteiger partial charge in [0.05, 0.1) is 12.8 Å². The van der Waals surface area contributed by atoms with Crippen LogP contribution in [0.3, 0.4) is 0 Å². The van der Waals surface area contributed by atoms with Crippen LogP contribution in [0.2, 0.25) is 0 Å². The van der Waals surface area contributed by atoms with E-state index in [-0.39, 0.29) is 11.9 Å². The molecule has 2 fully saturated rings. The second-order valence-corrected chi connectivity index (χ2v) is 7.40. The molecule has 2 aliphatic rings. The van der Waals surface area contributed by atoms with Crippen LogP contribution in [0.5, 0.6) is 0 Å². The first-order chi connectivity index (χ1) is 8.94. The smallest absolute Gasteiger partial charge is 0.236 e. The summed E-state index contributed by atoms with van der Waals surface area (Å²) in [4.78, 5) is 13.7. The third-order valence-electron chi connectivity index (χ3n) is 3.63. The van der Waals surface area contributed by atoms with E-state index < -0.39 is 10.0 Å². The summed E-state index contributed by atoms with van der Waals surface area (Å²) in [6, 6.07) is -0.0292. The molecule has 0 spiro atoms. The Morgan fingerprint density at radius 3 is 2.37 bits per heavy atom. The van der Waals surface area contributed by atoms with Crippen molar-refractivity contribution < 1.29 is 13.2 Å². The van der Waals surface area contributed by atoms with Crippen LogP contribution in [-0.2, 0) is 14.8 Å². The molecule has 110 valence electrons. The minimum atomic E-state index is -3.14. The fourth-order valence-electron chi connectivity index (χ4n) is 2.37. The maximum Gasteiger partial charge on any atom is 0.236 e. The van der Waals surface area contributed by atoms with Crippen molar-refractivity contribution in [3.8, 4) is 0 Å². The van der Waals surface area contributed by atoms with E-state index in [1.165, 1.54) is 19.1 Å². The monoisotopic (exact) mass is 289 g/mol. The van der Waals surface area contributed by atoms with Crippen molar-refractivity contribution in [3.05, 3.63) is 0 Å². The number of amides is 1. The summed E-state index contributed by atoms with van der Waals surface area (Å²) in [5.74, 6) is 0.899. The highest BCUT2D eigenvalue weighted by Gasteiger charge is 2.25. The van der Waals surface area contributed by atoms with E-state index in [9.17, 15) is 13.2 Å². The largest absolute Gasteiger partial charge is 0.341 e. The van der Waals surface area contributed by atoms with Crippen molar-refractivity contribution in [1.82, 2.24) is 14.9 Å². The van der Waals surface area contributed by atoms with E-state index in [1.807, 2.05) is 4.90 Å².